The summed E-state index contributed by atoms with van der Waals surface area (Å²) < 4.78 is 2.11. The van der Waals surface area contributed by atoms with Gasteiger partial charge in [-0.2, -0.15) is 0 Å². The van der Waals surface area contributed by atoms with Crippen molar-refractivity contribution in [2.45, 2.75) is 19.4 Å². The fourth-order valence-electron chi connectivity index (χ4n) is 1.68. The molecule has 0 amide bonds. The molecule has 0 spiro atoms. The van der Waals surface area contributed by atoms with Gasteiger partial charge in [0, 0.05) is 5.69 Å². The van der Waals surface area contributed by atoms with Crippen molar-refractivity contribution in [1.82, 2.24) is 14.9 Å². The first kappa shape index (κ1) is 10.9. The van der Waals surface area contributed by atoms with Crippen LogP contribution < -0.4 is 5.32 Å². The topological polar surface area (TPSA) is 29.9 Å². The van der Waals surface area contributed by atoms with E-state index in [0.29, 0.717) is 0 Å². The van der Waals surface area contributed by atoms with E-state index in [1.807, 2.05) is 37.8 Å². The molecule has 0 aliphatic carbocycles. The van der Waals surface area contributed by atoms with Crippen LogP contribution in [0.15, 0.2) is 42.9 Å². The molecule has 0 unspecified atom stereocenters. The number of hydrogen-bond acceptors (Lipinski definition) is 2. The van der Waals surface area contributed by atoms with Crippen molar-refractivity contribution < 1.29 is 0 Å². The van der Waals surface area contributed by atoms with Crippen LogP contribution in [-0.2, 0) is 5.54 Å². The van der Waals surface area contributed by atoms with Gasteiger partial charge in [0.15, 0.2) is 0 Å². The number of nitrogens with one attached hydrogen (secondary N) is 1. The summed E-state index contributed by atoms with van der Waals surface area (Å²) in [5.41, 5.74) is 2.20. The molecule has 0 aliphatic rings. The van der Waals surface area contributed by atoms with Gasteiger partial charge >= 0.3 is 0 Å². The van der Waals surface area contributed by atoms with Gasteiger partial charge in [0.05, 0.1) is 23.8 Å². The van der Waals surface area contributed by atoms with E-state index in [2.05, 4.69) is 40.8 Å². The minimum absolute atomic E-state index is 0.0909. The molecule has 3 nitrogen and oxygen atoms in total. The molecule has 0 bridgehead atoms. The molecule has 1 aromatic carbocycles. The fourth-order valence-corrected chi connectivity index (χ4v) is 1.68. The van der Waals surface area contributed by atoms with Gasteiger partial charge in [0.2, 0.25) is 0 Å². The molecule has 2 aromatic rings. The Kier molecular flexibility index (Phi) is 2.79. The third-order valence-electron chi connectivity index (χ3n) is 2.94. The highest BCUT2D eigenvalue weighted by Crippen LogP contribution is 2.22. The van der Waals surface area contributed by atoms with E-state index in [9.17, 15) is 0 Å². The molecule has 1 aromatic heterocycles. The van der Waals surface area contributed by atoms with Crippen LogP contribution in [0.1, 0.15) is 19.5 Å². The third-order valence-corrected chi connectivity index (χ3v) is 2.94. The van der Waals surface area contributed by atoms with E-state index in [1.165, 1.54) is 0 Å². The lowest BCUT2D eigenvalue weighted by Crippen LogP contribution is -2.35. The molecule has 0 fully saturated rings. The van der Waals surface area contributed by atoms with Crippen molar-refractivity contribution in [2.75, 3.05) is 7.05 Å². The van der Waals surface area contributed by atoms with Crippen molar-refractivity contribution in [2.24, 2.45) is 0 Å². The van der Waals surface area contributed by atoms with Crippen LogP contribution in [-0.4, -0.2) is 16.6 Å². The van der Waals surface area contributed by atoms with Crippen molar-refractivity contribution >= 4 is 0 Å². The minimum atomic E-state index is -0.0909. The predicted octanol–water partition coefficient (Wildman–Crippen LogP) is 2.33. The molecule has 84 valence electrons. The minimum Gasteiger partial charge on any atom is -0.310 e. The highest BCUT2D eigenvalue weighted by atomic mass is 15.1. The number of imidazole rings is 1. The van der Waals surface area contributed by atoms with E-state index in [1.54, 1.807) is 0 Å². The zero-order valence-corrected chi connectivity index (χ0v) is 9.94. The zero-order chi connectivity index (χ0) is 11.6. The summed E-state index contributed by atoms with van der Waals surface area (Å²) in [6, 6.07) is 10.2. The maximum Gasteiger partial charge on any atom is 0.0994 e. The number of nitrogens with zero attached hydrogens (tertiary/aromatic N) is 2. The van der Waals surface area contributed by atoms with Crippen LogP contribution in [0, 0.1) is 0 Å². The molecule has 1 N–H and O–H groups in total. The SMILES string of the molecule is CNC(C)(C)c1cncn1-c1ccccc1. The molecular weight excluding hydrogens is 198 g/mol. The quantitative estimate of drug-likeness (QED) is 0.851. The standard InChI is InChI=1S/C13H17N3/c1-13(2,14-3)12-9-15-10-16(12)11-7-5-4-6-8-11/h4-10,14H,1-3H3. The first-order valence-corrected chi connectivity index (χ1v) is 5.42. The first-order chi connectivity index (χ1) is 7.65. The monoisotopic (exact) mass is 215 g/mol. The fraction of sp³-hybridized carbons (Fsp3) is 0.308. The average molecular weight is 215 g/mol. The van der Waals surface area contributed by atoms with Crippen LogP contribution in [0.3, 0.4) is 0 Å². The molecule has 1 heterocycles. The van der Waals surface area contributed by atoms with Crippen LogP contribution in [0.25, 0.3) is 5.69 Å². The second kappa shape index (κ2) is 4.10. The lowest BCUT2D eigenvalue weighted by Gasteiger charge is -2.25. The summed E-state index contributed by atoms with van der Waals surface area (Å²) in [7, 11) is 1.96. The van der Waals surface area contributed by atoms with E-state index in [4.69, 9.17) is 0 Å². The number of hydrogen-bond donors (Lipinski definition) is 1. The van der Waals surface area contributed by atoms with E-state index in [-0.39, 0.29) is 5.54 Å². The molecule has 2 rings (SSSR count). The van der Waals surface area contributed by atoms with Gasteiger partial charge in [0.25, 0.3) is 0 Å². The lowest BCUT2D eigenvalue weighted by atomic mass is 10.0. The van der Waals surface area contributed by atoms with Gasteiger partial charge in [0.1, 0.15) is 0 Å². The molecule has 3 heteroatoms. The summed E-state index contributed by atoms with van der Waals surface area (Å²) in [5, 5.41) is 3.29. The Morgan fingerprint density at radius 3 is 2.50 bits per heavy atom. The summed E-state index contributed by atoms with van der Waals surface area (Å²) in [6.45, 7) is 4.28. The number of benzene rings is 1. The third kappa shape index (κ3) is 1.86. The second-order valence-electron chi connectivity index (χ2n) is 4.36. The zero-order valence-electron chi connectivity index (χ0n) is 9.94. The van der Waals surface area contributed by atoms with Crippen LogP contribution in [0.2, 0.25) is 0 Å². The average Bonchev–Trinajstić information content (AvgIpc) is 2.80. The number of para-hydroxylation sites is 1. The van der Waals surface area contributed by atoms with Gasteiger partial charge in [-0.25, -0.2) is 4.98 Å². The van der Waals surface area contributed by atoms with E-state index >= 15 is 0 Å². The van der Waals surface area contributed by atoms with Crippen molar-refractivity contribution in [1.29, 1.82) is 0 Å². The summed E-state index contributed by atoms with van der Waals surface area (Å²) >= 11 is 0. The molecule has 0 aliphatic heterocycles. The maximum absolute atomic E-state index is 4.24. The van der Waals surface area contributed by atoms with E-state index < -0.39 is 0 Å². The number of aromatic nitrogens is 2. The van der Waals surface area contributed by atoms with Gasteiger partial charge in [-0.3, -0.25) is 0 Å². The lowest BCUT2D eigenvalue weighted by molar-refractivity contribution is 0.425. The Morgan fingerprint density at radius 1 is 1.19 bits per heavy atom. The largest absolute Gasteiger partial charge is 0.310 e. The molecule has 0 saturated carbocycles. The Balaban J connectivity index is 2.49. The van der Waals surface area contributed by atoms with Crippen LogP contribution in [0.5, 0.6) is 0 Å². The smallest absolute Gasteiger partial charge is 0.0994 e. The van der Waals surface area contributed by atoms with Crippen molar-refractivity contribution in [3.63, 3.8) is 0 Å². The molecule has 0 saturated heterocycles. The summed E-state index contributed by atoms with van der Waals surface area (Å²) in [6.07, 6.45) is 3.76. The van der Waals surface area contributed by atoms with Gasteiger partial charge < -0.3 is 9.88 Å². The molecule has 16 heavy (non-hydrogen) atoms. The van der Waals surface area contributed by atoms with Crippen molar-refractivity contribution in [3.8, 4) is 5.69 Å². The van der Waals surface area contributed by atoms with Crippen molar-refractivity contribution in [3.05, 3.63) is 48.5 Å². The molecule has 0 atom stereocenters. The highest BCUT2D eigenvalue weighted by molar-refractivity contribution is 5.34. The van der Waals surface area contributed by atoms with Gasteiger partial charge in [-0.1, -0.05) is 18.2 Å². The second-order valence-corrected chi connectivity index (χ2v) is 4.36. The first-order valence-electron chi connectivity index (χ1n) is 5.42. The molecular formula is C13H17N3. The molecule has 0 radical (unpaired) electrons. The van der Waals surface area contributed by atoms with Crippen LogP contribution in [0.4, 0.5) is 0 Å². The Bertz CT molecular complexity index is 457. The number of rotatable bonds is 3. The Hall–Kier alpha value is -1.61. The predicted molar refractivity (Wildman–Crippen MR) is 65.6 cm³/mol. The van der Waals surface area contributed by atoms with Gasteiger partial charge in [-0.15, -0.1) is 0 Å². The summed E-state index contributed by atoms with van der Waals surface area (Å²) in [5.74, 6) is 0. The van der Waals surface area contributed by atoms with Gasteiger partial charge in [-0.05, 0) is 33.0 Å². The Labute approximate surface area is 96.1 Å². The maximum atomic E-state index is 4.24. The van der Waals surface area contributed by atoms with Crippen LogP contribution >= 0.6 is 0 Å². The normalized spacial score (nSPS) is 11.7. The summed E-state index contributed by atoms with van der Waals surface area (Å²) in [4.78, 5) is 4.24. The Morgan fingerprint density at radius 2 is 1.88 bits per heavy atom. The highest BCUT2D eigenvalue weighted by Gasteiger charge is 2.22. The van der Waals surface area contributed by atoms with E-state index in [0.717, 1.165) is 11.4 Å².